The number of likely N-dealkylation sites (tertiary alicyclic amines) is 1. The van der Waals surface area contributed by atoms with Gasteiger partial charge < -0.3 is 23.6 Å². The topological polar surface area (TPSA) is 86.9 Å². The van der Waals surface area contributed by atoms with E-state index in [0.717, 1.165) is 11.1 Å². The van der Waals surface area contributed by atoms with Gasteiger partial charge in [0.05, 0.1) is 5.41 Å². The Morgan fingerprint density at radius 3 is 2.48 bits per heavy atom. The first-order valence-corrected chi connectivity index (χ1v) is 11.1. The summed E-state index contributed by atoms with van der Waals surface area (Å²) in [6.45, 7) is 6.91. The number of carbonyl (C=O) groups is 1. The molecule has 2 aliphatic heterocycles. The van der Waals surface area contributed by atoms with Crippen molar-refractivity contribution in [3.63, 3.8) is 0 Å². The van der Waals surface area contributed by atoms with E-state index < -0.39 is 11.0 Å². The third-order valence-electron chi connectivity index (χ3n) is 6.07. The number of piperidine rings is 1. The van der Waals surface area contributed by atoms with E-state index in [9.17, 15) is 4.79 Å². The predicted molar refractivity (Wildman–Crippen MR) is 120 cm³/mol. The highest BCUT2D eigenvalue weighted by atomic mass is 16.7. The molecule has 1 aromatic heterocycles. The minimum Gasteiger partial charge on any atom is -0.454 e. The molecular formula is C25H27N3O5. The summed E-state index contributed by atoms with van der Waals surface area (Å²) in [5.74, 6) is 2.41. The van der Waals surface area contributed by atoms with Crippen LogP contribution < -0.4 is 9.47 Å². The van der Waals surface area contributed by atoms with Crippen LogP contribution >= 0.6 is 0 Å². The average molecular weight is 450 g/mol. The van der Waals surface area contributed by atoms with E-state index in [4.69, 9.17) is 23.7 Å². The zero-order chi connectivity index (χ0) is 23.1. The fraction of sp³-hybridized carbons (Fsp3) is 0.400. The van der Waals surface area contributed by atoms with Crippen molar-refractivity contribution in [3.05, 3.63) is 59.9 Å². The summed E-state index contributed by atoms with van der Waals surface area (Å²) < 4.78 is 22.1. The van der Waals surface area contributed by atoms with E-state index in [1.807, 2.05) is 57.2 Å². The second kappa shape index (κ2) is 8.10. The Labute approximate surface area is 192 Å². The summed E-state index contributed by atoms with van der Waals surface area (Å²) in [5, 5.41) is 4.39. The molecule has 33 heavy (non-hydrogen) atoms. The molecule has 0 aliphatic carbocycles. The molecule has 3 aromatic rings. The van der Waals surface area contributed by atoms with Gasteiger partial charge in [0, 0.05) is 18.7 Å². The Balaban J connectivity index is 1.44. The summed E-state index contributed by atoms with van der Waals surface area (Å²) in [6, 6.07) is 15.7. The number of benzene rings is 2. The van der Waals surface area contributed by atoms with Gasteiger partial charge in [-0.25, -0.2) is 4.79 Å². The van der Waals surface area contributed by atoms with Crippen LogP contribution in [0.25, 0.3) is 11.5 Å². The first-order valence-electron chi connectivity index (χ1n) is 11.1. The van der Waals surface area contributed by atoms with Gasteiger partial charge in [0.2, 0.25) is 6.79 Å². The number of fused-ring (bicyclic) bond motifs is 1. The first-order chi connectivity index (χ1) is 15.8. The Kier molecular flexibility index (Phi) is 5.23. The molecule has 0 spiro atoms. The van der Waals surface area contributed by atoms with Crippen molar-refractivity contribution in [2.24, 2.45) is 0 Å². The van der Waals surface area contributed by atoms with Gasteiger partial charge >= 0.3 is 6.09 Å². The number of rotatable bonds is 3. The highest BCUT2D eigenvalue weighted by molar-refractivity contribution is 5.68. The average Bonchev–Trinajstić information content (AvgIpc) is 3.48. The van der Waals surface area contributed by atoms with Crippen molar-refractivity contribution in [3.8, 4) is 23.0 Å². The van der Waals surface area contributed by atoms with Crippen molar-refractivity contribution >= 4 is 6.09 Å². The minimum atomic E-state index is -0.530. The van der Waals surface area contributed by atoms with E-state index in [0.29, 0.717) is 49.1 Å². The van der Waals surface area contributed by atoms with E-state index >= 15 is 0 Å². The number of ether oxygens (including phenoxy) is 3. The lowest BCUT2D eigenvalue weighted by molar-refractivity contribution is 0.0176. The van der Waals surface area contributed by atoms with Gasteiger partial charge in [-0.15, -0.1) is 0 Å². The van der Waals surface area contributed by atoms with Gasteiger partial charge in [-0.05, 0) is 57.4 Å². The largest absolute Gasteiger partial charge is 0.454 e. The monoisotopic (exact) mass is 449 g/mol. The van der Waals surface area contributed by atoms with Crippen LogP contribution in [-0.2, 0) is 10.2 Å². The molecule has 0 bridgehead atoms. The normalized spacial score (nSPS) is 17.1. The van der Waals surface area contributed by atoms with Crippen molar-refractivity contribution < 1.29 is 23.5 Å². The van der Waals surface area contributed by atoms with Crippen LogP contribution in [0.1, 0.15) is 45.0 Å². The zero-order valence-corrected chi connectivity index (χ0v) is 19.0. The summed E-state index contributed by atoms with van der Waals surface area (Å²) in [6.07, 6.45) is 1.03. The third-order valence-corrected chi connectivity index (χ3v) is 6.07. The SMILES string of the molecule is CC(C)(C)OC(=O)N1CCC(c2ccccc2)(c2noc(-c3ccc4c(c3)OCO4)n2)CC1. The number of amides is 1. The predicted octanol–water partition coefficient (Wildman–Crippen LogP) is 4.78. The quantitative estimate of drug-likeness (QED) is 0.568. The molecule has 0 N–H and O–H groups in total. The van der Waals surface area contributed by atoms with Crippen molar-refractivity contribution in [2.75, 3.05) is 19.9 Å². The van der Waals surface area contributed by atoms with E-state index in [1.54, 1.807) is 4.90 Å². The molecule has 8 heteroatoms. The minimum absolute atomic E-state index is 0.207. The molecule has 5 rings (SSSR count). The standard InChI is InChI=1S/C25H27N3O5/c1-24(2,3)32-23(29)28-13-11-25(12-14-28,18-7-5-4-6-8-18)22-26-21(33-27-22)17-9-10-19-20(15-17)31-16-30-19/h4-10,15H,11-14,16H2,1-3H3. The van der Waals surface area contributed by atoms with Gasteiger partial charge in [0.1, 0.15) is 5.60 Å². The lowest BCUT2D eigenvalue weighted by Gasteiger charge is -2.40. The molecular weight excluding hydrogens is 422 g/mol. The molecule has 0 saturated carbocycles. The lowest BCUT2D eigenvalue weighted by atomic mass is 9.72. The smallest absolute Gasteiger partial charge is 0.410 e. The molecule has 1 fully saturated rings. The van der Waals surface area contributed by atoms with E-state index in [1.165, 1.54) is 0 Å². The molecule has 0 unspecified atom stereocenters. The fourth-order valence-corrected chi connectivity index (χ4v) is 4.36. The molecule has 172 valence electrons. The summed E-state index contributed by atoms with van der Waals surface area (Å²) in [5.41, 5.74) is 0.884. The Morgan fingerprint density at radius 1 is 1.03 bits per heavy atom. The molecule has 0 atom stereocenters. The number of nitrogens with zero attached hydrogens (tertiary/aromatic N) is 3. The maximum Gasteiger partial charge on any atom is 0.410 e. The van der Waals surface area contributed by atoms with Crippen LogP contribution in [0, 0.1) is 0 Å². The molecule has 2 aromatic carbocycles. The van der Waals surface area contributed by atoms with Crippen LogP contribution in [0.15, 0.2) is 53.1 Å². The molecule has 1 amide bonds. The maximum absolute atomic E-state index is 12.6. The number of hydrogen-bond acceptors (Lipinski definition) is 7. The van der Waals surface area contributed by atoms with Crippen molar-refractivity contribution in [1.29, 1.82) is 0 Å². The van der Waals surface area contributed by atoms with Crippen LogP contribution in [0.4, 0.5) is 4.79 Å². The van der Waals surface area contributed by atoms with Crippen LogP contribution in [0.5, 0.6) is 11.5 Å². The molecule has 1 saturated heterocycles. The van der Waals surface area contributed by atoms with E-state index in [2.05, 4.69) is 17.3 Å². The zero-order valence-electron chi connectivity index (χ0n) is 19.0. The van der Waals surface area contributed by atoms with Crippen molar-refractivity contribution in [1.82, 2.24) is 15.0 Å². The fourth-order valence-electron chi connectivity index (χ4n) is 4.36. The second-order valence-corrected chi connectivity index (χ2v) is 9.41. The summed E-state index contributed by atoms with van der Waals surface area (Å²) in [7, 11) is 0. The highest BCUT2D eigenvalue weighted by Crippen LogP contribution is 2.42. The van der Waals surface area contributed by atoms with E-state index in [-0.39, 0.29) is 12.9 Å². The molecule has 2 aliphatic rings. The summed E-state index contributed by atoms with van der Waals surface area (Å²) >= 11 is 0. The Hall–Kier alpha value is -3.55. The first kappa shape index (κ1) is 21.3. The molecule has 3 heterocycles. The van der Waals surface area contributed by atoms with Gasteiger partial charge in [-0.3, -0.25) is 0 Å². The van der Waals surface area contributed by atoms with Gasteiger partial charge in [0.25, 0.3) is 5.89 Å². The van der Waals surface area contributed by atoms with Crippen LogP contribution in [0.3, 0.4) is 0 Å². The van der Waals surface area contributed by atoms with Crippen LogP contribution in [-0.4, -0.2) is 46.6 Å². The van der Waals surface area contributed by atoms with Crippen LogP contribution in [0.2, 0.25) is 0 Å². The van der Waals surface area contributed by atoms with Gasteiger partial charge in [-0.1, -0.05) is 35.5 Å². The molecule has 0 radical (unpaired) electrons. The Bertz CT molecular complexity index is 1140. The highest BCUT2D eigenvalue weighted by Gasteiger charge is 2.43. The maximum atomic E-state index is 12.6. The van der Waals surface area contributed by atoms with Gasteiger partial charge in [0.15, 0.2) is 17.3 Å². The number of hydrogen-bond donors (Lipinski definition) is 0. The number of aromatic nitrogens is 2. The molecule has 8 nitrogen and oxygen atoms in total. The summed E-state index contributed by atoms with van der Waals surface area (Å²) in [4.78, 5) is 19.2. The van der Waals surface area contributed by atoms with Gasteiger partial charge in [-0.2, -0.15) is 4.98 Å². The Morgan fingerprint density at radius 2 is 1.76 bits per heavy atom. The lowest BCUT2D eigenvalue weighted by Crippen LogP contribution is -2.47. The van der Waals surface area contributed by atoms with Crippen molar-refractivity contribution in [2.45, 2.75) is 44.6 Å². The third kappa shape index (κ3) is 4.13. The number of carbonyl (C=O) groups excluding carboxylic acids is 1. The second-order valence-electron chi connectivity index (χ2n) is 9.41.